The highest BCUT2D eigenvalue weighted by molar-refractivity contribution is 9.10. The molecule has 1 aliphatic rings. The molecule has 102 valence electrons. The Morgan fingerprint density at radius 3 is 2.84 bits per heavy atom. The molecule has 0 radical (unpaired) electrons. The van der Waals surface area contributed by atoms with Crippen molar-refractivity contribution in [2.45, 2.75) is 12.8 Å². The van der Waals surface area contributed by atoms with Crippen LogP contribution in [0.3, 0.4) is 0 Å². The number of amides is 1. The molecule has 0 aliphatic heterocycles. The van der Waals surface area contributed by atoms with Crippen molar-refractivity contribution in [3.8, 4) is 0 Å². The van der Waals surface area contributed by atoms with Gasteiger partial charge in [0.1, 0.15) is 0 Å². The monoisotopic (exact) mass is 329 g/mol. The largest absolute Gasteiger partial charge is 0.396 e. The molecule has 7 nitrogen and oxygen atoms in total. The summed E-state index contributed by atoms with van der Waals surface area (Å²) >= 11 is 3.14. The van der Waals surface area contributed by atoms with E-state index in [1.165, 1.54) is 6.20 Å². The molecule has 1 aromatic rings. The Hall–Kier alpha value is -1.54. The van der Waals surface area contributed by atoms with Gasteiger partial charge in [-0.3, -0.25) is 4.79 Å². The average molecular weight is 330 g/mol. The number of halogens is 1. The van der Waals surface area contributed by atoms with Crippen LogP contribution in [-0.4, -0.2) is 34.1 Å². The van der Waals surface area contributed by atoms with Crippen molar-refractivity contribution in [1.29, 1.82) is 0 Å². The van der Waals surface area contributed by atoms with Gasteiger partial charge in [-0.25, -0.2) is 0 Å². The van der Waals surface area contributed by atoms with Crippen LogP contribution in [0.25, 0.3) is 0 Å². The lowest BCUT2D eigenvalue weighted by Gasteiger charge is -2.12. The number of carbonyl (C=O) groups excluding carboxylic acids is 1. The van der Waals surface area contributed by atoms with E-state index in [9.17, 15) is 14.9 Å². The zero-order valence-electron chi connectivity index (χ0n) is 9.93. The van der Waals surface area contributed by atoms with E-state index < -0.39 is 10.8 Å². The van der Waals surface area contributed by atoms with Gasteiger partial charge in [0.05, 0.1) is 16.6 Å². The highest BCUT2D eigenvalue weighted by atomic mass is 79.9. The number of hydrogen-bond acceptors (Lipinski definition) is 5. The van der Waals surface area contributed by atoms with Crippen molar-refractivity contribution in [3.63, 3.8) is 0 Å². The van der Waals surface area contributed by atoms with Crippen LogP contribution in [0.2, 0.25) is 0 Å². The molecule has 1 saturated carbocycles. The highest BCUT2D eigenvalue weighted by Gasteiger charge is 2.42. The molecule has 0 atom stereocenters. The van der Waals surface area contributed by atoms with E-state index in [1.54, 1.807) is 0 Å². The number of pyridine rings is 1. The zero-order valence-corrected chi connectivity index (χ0v) is 11.5. The maximum atomic E-state index is 12.0. The third-order valence-electron chi connectivity index (χ3n) is 3.19. The van der Waals surface area contributed by atoms with Crippen LogP contribution in [0, 0.1) is 15.5 Å². The summed E-state index contributed by atoms with van der Waals surface area (Å²) in [5.41, 5.74) is -0.0448. The molecule has 1 aliphatic carbocycles. The number of rotatable bonds is 5. The molecule has 1 fully saturated rings. The number of aliphatic hydroxyl groups is 1. The molecule has 0 bridgehead atoms. The van der Waals surface area contributed by atoms with Gasteiger partial charge in [0, 0.05) is 18.0 Å². The van der Waals surface area contributed by atoms with E-state index in [0.717, 1.165) is 18.9 Å². The van der Waals surface area contributed by atoms with Gasteiger partial charge in [0.25, 0.3) is 5.91 Å². The second-order valence-electron chi connectivity index (χ2n) is 4.62. The third kappa shape index (κ3) is 3.07. The number of hydrogen-bond donors (Lipinski definition) is 2. The first-order chi connectivity index (χ1) is 8.97. The minimum Gasteiger partial charge on any atom is -0.396 e. The first-order valence-corrected chi connectivity index (χ1v) is 6.46. The quantitative estimate of drug-likeness (QED) is 0.624. The second-order valence-corrected chi connectivity index (χ2v) is 5.47. The molecular formula is C11H12BrN3O4. The molecule has 0 aromatic carbocycles. The van der Waals surface area contributed by atoms with Crippen molar-refractivity contribution >= 4 is 27.7 Å². The fourth-order valence-electron chi connectivity index (χ4n) is 1.63. The van der Waals surface area contributed by atoms with Crippen LogP contribution < -0.4 is 5.32 Å². The number of aromatic nitrogens is 1. The minimum atomic E-state index is -0.653. The summed E-state index contributed by atoms with van der Waals surface area (Å²) in [4.78, 5) is 25.5. The minimum absolute atomic E-state index is 0.0327. The van der Waals surface area contributed by atoms with Gasteiger partial charge in [-0.1, -0.05) is 0 Å². The summed E-state index contributed by atoms with van der Waals surface area (Å²) in [6.45, 7) is 0.399. The Kier molecular flexibility index (Phi) is 3.81. The molecule has 1 aromatic heterocycles. The van der Waals surface area contributed by atoms with Gasteiger partial charge in [0.15, 0.2) is 6.20 Å². The van der Waals surface area contributed by atoms with Gasteiger partial charge in [-0.2, -0.15) is 0 Å². The molecule has 0 saturated heterocycles. The molecule has 2 rings (SSSR count). The van der Waals surface area contributed by atoms with Crippen molar-refractivity contribution in [1.82, 2.24) is 10.3 Å². The summed E-state index contributed by atoms with van der Waals surface area (Å²) < 4.78 is 0.393. The Balaban J connectivity index is 2.10. The Labute approximate surface area is 117 Å². The van der Waals surface area contributed by atoms with Gasteiger partial charge in [-0.05, 0) is 38.7 Å². The Morgan fingerprint density at radius 2 is 2.32 bits per heavy atom. The fraction of sp³-hybridized carbons (Fsp3) is 0.455. The maximum absolute atomic E-state index is 12.0. The van der Waals surface area contributed by atoms with Gasteiger partial charge in [-0.15, -0.1) is 0 Å². The molecule has 19 heavy (non-hydrogen) atoms. The van der Waals surface area contributed by atoms with Crippen molar-refractivity contribution in [3.05, 3.63) is 32.4 Å². The second kappa shape index (κ2) is 5.22. The third-order valence-corrected chi connectivity index (χ3v) is 3.82. The van der Waals surface area contributed by atoms with E-state index in [4.69, 9.17) is 5.11 Å². The Morgan fingerprint density at radius 1 is 1.63 bits per heavy atom. The van der Waals surface area contributed by atoms with E-state index in [-0.39, 0.29) is 23.4 Å². The lowest BCUT2D eigenvalue weighted by molar-refractivity contribution is -0.389. The van der Waals surface area contributed by atoms with Gasteiger partial charge in [0.2, 0.25) is 0 Å². The number of carbonyl (C=O) groups is 1. The van der Waals surface area contributed by atoms with E-state index >= 15 is 0 Å². The molecule has 1 heterocycles. The maximum Gasteiger partial charge on any atom is 0.364 e. The van der Waals surface area contributed by atoms with Crippen LogP contribution in [0.15, 0.2) is 16.7 Å². The summed E-state index contributed by atoms with van der Waals surface area (Å²) in [5, 5.41) is 22.5. The van der Waals surface area contributed by atoms with Crippen LogP contribution >= 0.6 is 15.9 Å². The average Bonchev–Trinajstić information content (AvgIpc) is 3.17. The summed E-state index contributed by atoms with van der Waals surface area (Å²) in [5.74, 6) is -0.797. The van der Waals surface area contributed by atoms with Crippen LogP contribution in [0.1, 0.15) is 23.2 Å². The predicted molar refractivity (Wildman–Crippen MR) is 69.7 cm³/mol. The normalized spacial score (nSPS) is 15.9. The standard InChI is InChI=1S/C11H12BrN3O4/c12-8-4-13-9(15(18)19)3-7(8)10(17)14-5-11(6-16)1-2-11/h3-4,16H,1-2,5-6H2,(H,14,17). The summed E-state index contributed by atoms with van der Waals surface area (Å²) in [6, 6.07) is 1.12. The molecule has 0 unspecified atom stereocenters. The van der Waals surface area contributed by atoms with Crippen LogP contribution in [-0.2, 0) is 0 Å². The SMILES string of the molecule is O=C(NCC1(CO)CC1)c1cc([N+](=O)[O-])ncc1Br. The van der Waals surface area contributed by atoms with Crippen molar-refractivity contribution in [2.24, 2.45) is 5.41 Å². The first kappa shape index (κ1) is 13.9. The zero-order chi connectivity index (χ0) is 14.0. The van der Waals surface area contributed by atoms with E-state index in [0.29, 0.717) is 11.0 Å². The number of aliphatic hydroxyl groups excluding tert-OH is 1. The molecule has 2 N–H and O–H groups in total. The summed E-state index contributed by atoms with van der Waals surface area (Å²) in [7, 11) is 0. The molecule has 0 spiro atoms. The van der Waals surface area contributed by atoms with Crippen LogP contribution in [0.5, 0.6) is 0 Å². The van der Waals surface area contributed by atoms with Gasteiger partial charge >= 0.3 is 5.82 Å². The number of nitro groups is 1. The van der Waals surface area contributed by atoms with Gasteiger partial charge < -0.3 is 20.5 Å². The molecule has 8 heteroatoms. The highest BCUT2D eigenvalue weighted by Crippen LogP contribution is 2.44. The predicted octanol–water partition coefficient (Wildman–Crippen LogP) is 1.25. The molecular weight excluding hydrogens is 318 g/mol. The lowest BCUT2D eigenvalue weighted by atomic mass is 10.1. The summed E-state index contributed by atoms with van der Waals surface area (Å²) in [6.07, 6.45) is 2.98. The first-order valence-electron chi connectivity index (χ1n) is 5.66. The van der Waals surface area contributed by atoms with Crippen molar-refractivity contribution in [2.75, 3.05) is 13.2 Å². The van der Waals surface area contributed by atoms with Crippen molar-refractivity contribution < 1.29 is 14.8 Å². The topological polar surface area (TPSA) is 105 Å². The smallest absolute Gasteiger partial charge is 0.364 e. The fourth-order valence-corrected chi connectivity index (χ4v) is 2.03. The molecule has 1 amide bonds. The lowest BCUT2D eigenvalue weighted by Crippen LogP contribution is -2.32. The van der Waals surface area contributed by atoms with Crippen LogP contribution in [0.4, 0.5) is 5.82 Å². The van der Waals surface area contributed by atoms with E-state index in [2.05, 4.69) is 26.2 Å². The number of nitrogens with zero attached hydrogens (tertiary/aromatic N) is 2. The van der Waals surface area contributed by atoms with E-state index in [1.807, 2.05) is 0 Å². The number of nitrogens with one attached hydrogen (secondary N) is 1. The Bertz CT molecular complexity index is 531.